The van der Waals surface area contributed by atoms with Crippen molar-refractivity contribution in [1.29, 1.82) is 0 Å². The summed E-state index contributed by atoms with van der Waals surface area (Å²) in [5, 5.41) is 0. The average Bonchev–Trinajstić information content (AvgIpc) is 3.68. The summed E-state index contributed by atoms with van der Waals surface area (Å²) in [7, 11) is 0. The molecule has 0 bridgehead atoms. The van der Waals surface area contributed by atoms with E-state index in [9.17, 15) is 0 Å². The molecule has 0 spiro atoms. The lowest BCUT2D eigenvalue weighted by Crippen LogP contribution is -2.33. The maximum Gasteiger partial charge on any atom is 0.122 e. The molecule has 0 unspecified atom stereocenters. The molecule has 8 heteroatoms. The van der Waals surface area contributed by atoms with Gasteiger partial charge in [0, 0.05) is 69.4 Å². The number of halogens is 1. The van der Waals surface area contributed by atoms with Gasteiger partial charge in [-0.25, -0.2) is 9.97 Å². The highest BCUT2D eigenvalue weighted by molar-refractivity contribution is 6.18. The molecule has 0 saturated heterocycles. The maximum atomic E-state index is 5.84. The predicted molar refractivity (Wildman–Crippen MR) is 166 cm³/mol. The standard InChI is InChI=1S/C13H16ClN3.C13H15N3.C6H15N/c14-6-7-17(10-13-8-15-11-16-13)9-12-4-2-1-3-5-12;1-2-4-12(5-3-1)10-15-8-9-16-7-6-14-13(16)11-15;1-4-7(5-2)6-3/h1-5,8,11H,6-7,9-10H2,(H,15,16);1-7H,8-11H2;4-6H2,1-3H3. The summed E-state index contributed by atoms with van der Waals surface area (Å²) in [6, 6.07) is 21.0. The highest BCUT2D eigenvalue weighted by Crippen LogP contribution is 2.13. The third-order valence-electron chi connectivity index (χ3n) is 7.01. The van der Waals surface area contributed by atoms with Gasteiger partial charge in [0.15, 0.2) is 0 Å². The first-order valence-electron chi connectivity index (χ1n) is 14.4. The fraction of sp³-hybridized carbons (Fsp3) is 0.438. The third kappa shape index (κ3) is 11.3. The molecule has 0 radical (unpaired) electrons. The van der Waals surface area contributed by atoms with Crippen LogP contribution in [0.3, 0.4) is 0 Å². The molecule has 216 valence electrons. The second-order valence-electron chi connectivity index (χ2n) is 9.81. The SMILES string of the molecule is CCN(CC)CC.ClCCN(Cc1ccccc1)Cc1cnc[nH]1.c1ccc(CN2CCn3ccnc3C2)cc1. The van der Waals surface area contributed by atoms with Crippen molar-refractivity contribution in [3.63, 3.8) is 0 Å². The molecule has 1 N–H and O–H groups in total. The Bertz CT molecular complexity index is 1140. The van der Waals surface area contributed by atoms with Crippen LogP contribution < -0.4 is 0 Å². The normalized spacial score (nSPS) is 12.8. The summed E-state index contributed by atoms with van der Waals surface area (Å²) in [5.74, 6) is 1.82. The Balaban J connectivity index is 0.000000180. The highest BCUT2D eigenvalue weighted by Gasteiger charge is 2.16. The van der Waals surface area contributed by atoms with Crippen LogP contribution in [0.2, 0.25) is 0 Å². The largest absolute Gasteiger partial charge is 0.347 e. The average molecular weight is 564 g/mol. The lowest BCUT2D eigenvalue weighted by molar-refractivity contribution is 0.209. The van der Waals surface area contributed by atoms with E-state index in [-0.39, 0.29) is 0 Å². The number of aromatic amines is 1. The molecule has 4 aromatic rings. The number of nitrogens with one attached hydrogen (secondary N) is 1. The Labute approximate surface area is 245 Å². The Morgan fingerprint density at radius 1 is 0.850 bits per heavy atom. The van der Waals surface area contributed by atoms with Crippen LogP contribution in [-0.2, 0) is 32.7 Å². The predicted octanol–water partition coefficient (Wildman–Crippen LogP) is 5.90. The van der Waals surface area contributed by atoms with Gasteiger partial charge in [0.2, 0.25) is 0 Å². The molecule has 0 atom stereocenters. The van der Waals surface area contributed by atoms with Crippen molar-refractivity contribution >= 4 is 11.6 Å². The van der Waals surface area contributed by atoms with Crippen LogP contribution in [-0.4, -0.2) is 72.8 Å². The number of imidazole rings is 2. The van der Waals surface area contributed by atoms with Crippen molar-refractivity contribution in [1.82, 2.24) is 34.2 Å². The van der Waals surface area contributed by atoms with Gasteiger partial charge in [-0.3, -0.25) is 9.80 Å². The van der Waals surface area contributed by atoms with E-state index in [0.29, 0.717) is 5.88 Å². The molecule has 1 aliphatic heterocycles. The number of benzene rings is 2. The molecule has 2 aromatic carbocycles. The fourth-order valence-corrected chi connectivity index (χ4v) is 4.90. The fourth-order valence-electron chi connectivity index (χ4n) is 4.66. The molecule has 7 nitrogen and oxygen atoms in total. The minimum Gasteiger partial charge on any atom is -0.347 e. The Kier molecular flexibility index (Phi) is 14.5. The van der Waals surface area contributed by atoms with E-state index < -0.39 is 0 Å². The second-order valence-corrected chi connectivity index (χ2v) is 10.2. The molecular weight excluding hydrogens is 518 g/mol. The minimum absolute atomic E-state index is 0.640. The number of H-pyrrole nitrogens is 1. The lowest BCUT2D eigenvalue weighted by Gasteiger charge is -2.27. The number of rotatable bonds is 11. The summed E-state index contributed by atoms with van der Waals surface area (Å²) in [6.45, 7) is 16.9. The van der Waals surface area contributed by atoms with Crippen LogP contribution >= 0.6 is 11.6 Å². The van der Waals surface area contributed by atoms with Gasteiger partial charge in [0.25, 0.3) is 0 Å². The van der Waals surface area contributed by atoms with Gasteiger partial charge in [-0.2, -0.15) is 0 Å². The summed E-state index contributed by atoms with van der Waals surface area (Å²) in [6.07, 6.45) is 7.51. The van der Waals surface area contributed by atoms with Crippen molar-refractivity contribution in [3.05, 3.63) is 108 Å². The van der Waals surface area contributed by atoms with E-state index >= 15 is 0 Å². The number of alkyl halides is 1. The van der Waals surface area contributed by atoms with Gasteiger partial charge >= 0.3 is 0 Å². The zero-order chi connectivity index (χ0) is 28.4. The number of fused-ring (bicyclic) bond motifs is 1. The zero-order valence-electron chi connectivity index (χ0n) is 24.4. The van der Waals surface area contributed by atoms with Gasteiger partial charge in [0.05, 0.1) is 12.9 Å². The van der Waals surface area contributed by atoms with Crippen molar-refractivity contribution < 1.29 is 0 Å². The highest BCUT2D eigenvalue weighted by atomic mass is 35.5. The quantitative estimate of drug-likeness (QED) is 0.230. The summed E-state index contributed by atoms with van der Waals surface area (Å²) < 4.78 is 2.24. The second kappa shape index (κ2) is 18.4. The molecule has 0 saturated carbocycles. The van der Waals surface area contributed by atoms with Gasteiger partial charge < -0.3 is 14.5 Å². The Morgan fingerprint density at radius 3 is 2.10 bits per heavy atom. The van der Waals surface area contributed by atoms with E-state index in [4.69, 9.17) is 11.6 Å². The molecule has 40 heavy (non-hydrogen) atoms. The molecule has 5 rings (SSSR count). The maximum absolute atomic E-state index is 5.84. The Hall–Kier alpha value is -2.97. The van der Waals surface area contributed by atoms with Crippen molar-refractivity contribution in [2.75, 3.05) is 38.6 Å². The topological polar surface area (TPSA) is 56.2 Å². The molecule has 0 amide bonds. The Morgan fingerprint density at radius 2 is 1.52 bits per heavy atom. The molecule has 0 aliphatic carbocycles. The molecule has 2 aromatic heterocycles. The van der Waals surface area contributed by atoms with Gasteiger partial charge in [-0.05, 0) is 30.8 Å². The number of nitrogens with zero attached hydrogens (tertiary/aromatic N) is 6. The minimum atomic E-state index is 0.640. The first-order chi connectivity index (χ1) is 19.6. The first-order valence-corrected chi connectivity index (χ1v) is 15.0. The monoisotopic (exact) mass is 563 g/mol. The number of aromatic nitrogens is 4. The third-order valence-corrected chi connectivity index (χ3v) is 7.18. The molecule has 3 heterocycles. The van der Waals surface area contributed by atoms with Gasteiger partial charge in [-0.1, -0.05) is 81.4 Å². The molecule has 0 fully saturated rings. The number of hydrogen-bond donors (Lipinski definition) is 1. The van der Waals surface area contributed by atoms with Gasteiger partial charge in [-0.15, -0.1) is 11.6 Å². The van der Waals surface area contributed by atoms with Crippen molar-refractivity contribution in [2.45, 2.75) is 53.5 Å². The van der Waals surface area contributed by atoms with Crippen LogP contribution in [0.1, 0.15) is 43.4 Å². The van der Waals surface area contributed by atoms with E-state index in [1.807, 2.05) is 18.5 Å². The van der Waals surface area contributed by atoms with Crippen LogP contribution in [0.15, 0.2) is 85.6 Å². The van der Waals surface area contributed by atoms with E-state index in [1.165, 1.54) is 36.6 Å². The van der Waals surface area contributed by atoms with Gasteiger partial charge in [0.1, 0.15) is 5.82 Å². The molecule has 1 aliphatic rings. The first kappa shape index (κ1) is 31.6. The zero-order valence-corrected chi connectivity index (χ0v) is 25.2. The van der Waals surface area contributed by atoms with Crippen LogP contribution in [0.5, 0.6) is 0 Å². The van der Waals surface area contributed by atoms with Crippen molar-refractivity contribution in [2.24, 2.45) is 0 Å². The number of hydrogen-bond acceptors (Lipinski definition) is 5. The molecular formula is C32H46ClN7. The van der Waals surface area contributed by atoms with E-state index in [1.54, 1.807) is 6.33 Å². The van der Waals surface area contributed by atoms with Crippen molar-refractivity contribution in [3.8, 4) is 0 Å². The summed E-state index contributed by atoms with van der Waals surface area (Å²) in [5.41, 5.74) is 3.80. The van der Waals surface area contributed by atoms with E-state index in [2.05, 4.69) is 116 Å². The van der Waals surface area contributed by atoms with Crippen LogP contribution in [0, 0.1) is 0 Å². The van der Waals surface area contributed by atoms with Crippen LogP contribution in [0.4, 0.5) is 0 Å². The van der Waals surface area contributed by atoms with E-state index in [0.717, 1.165) is 51.5 Å². The summed E-state index contributed by atoms with van der Waals surface area (Å²) >= 11 is 5.84. The van der Waals surface area contributed by atoms with Crippen LogP contribution in [0.25, 0.3) is 0 Å². The lowest BCUT2D eigenvalue weighted by atomic mass is 10.2. The smallest absolute Gasteiger partial charge is 0.122 e. The summed E-state index contributed by atoms with van der Waals surface area (Å²) in [4.78, 5) is 18.6.